The fourth-order valence-electron chi connectivity index (χ4n) is 2.83. The smallest absolute Gasteiger partial charge is 0.423 e. The highest BCUT2D eigenvalue weighted by Gasteiger charge is 2.30. The van der Waals surface area contributed by atoms with Crippen LogP contribution in [0.15, 0.2) is 91.0 Å². The Kier molecular flexibility index (Phi) is 6.90. The van der Waals surface area contributed by atoms with Gasteiger partial charge in [-0.05, 0) is 16.7 Å². The normalized spacial score (nSPS) is 10.2. The molecule has 0 aliphatic heterocycles. The number of rotatable bonds is 6. The lowest BCUT2D eigenvalue weighted by atomic mass is 10.1. The van der Waals surface area contributed by atoms with Gasteiger partial charge in [0, 0.05) is 0 Å². The summed E-state index contributed by atoms with van der Waals surface area (Å²) in [5.41, 5.74) is 2.20. The van der Waals surface area contributed by atoms with E-state index in [1.54, 1.807) is 60.7 Å². The molecule has 3 aromatic carbocycles. The van der Waals surface area contributed by atoms with E-state index < -0.39 is 17.9 Å². The van der Waals surface area contributed by atoms with E-state index in [4.69, 9.17) is 4.74 Å². The van der Waals surface area contributed by atoms with Gasteiger partial charge in [0.15, 0.2) is 0 Å². The van der Waals surface area contributed by atoms with Crippen LogP contribution in [-0.2, 0) is 33.8 Å². The lowest BCUT2D eigenvalue weighted by molar-refractivity contribution is -0.141. The SMILES string of the molecule is O=C(Cc1ccccc1)N(C(=O)Cc1ccccc1)C(=O)OCc1ccccc1. The zero-order chi connectivity index (χ0) is 20.5. The molecule has 0 radical (unpaired) electrons. The standard InChI is InChI=1S/C24H21NO4/c26-22(16-19-10-4-1-5-11-19)25(23(27)17-20-12-6-2-7-13-20)24(28)29-18-21-14-8-3-9-15-21/h1-15H,16-18H2. The highest BCUT2D eigenvalue weighted by Crippen LogP contribution is 2.10. The lowest BCUT2D eigenvalue weighted by Crippen LogP contribution is -2.43. The van der Waals surface area contributed by atoms with Crippen molar-refractivity contribution in [3.05, 3.63) is 108 Å². The minimum absolute atomic E-state index is 0.0204. The molecule has 0 heterocycles. The third-order valence-corrected chi connectivity index (χ3v) is 4.28. The monoisotopic (exact) mass is 387 g/mol. The number of carbonyl (C=O) groups excluding carboxylic acids is 3. The first-order chi connectivity index (χ1) is 14.1. The minimum atomic E-state index is -0.962. The Morgan fingerprint density at radius 3 is 1.38 bits per heavy atom. The van der Waals surface area contributed by atoms with Gasteiger partial charge in [-0.15, -0.1) is 0 Å². The molecule has 0 unspecified atom stereocenters. The Labute approximate surface area is 169 Å². The van der Waals surface area contributed by atoms with Crippen molar-refractivity contribution in [2.75, 3.05) is 0 Å². The van der Waals surface area contributed by atoms with Crippen LogP contribution in [0.4, 0.5) is 4.79 Å². The number of carbonyl (C=O) groups is 3. The Morgan fingerprint density at radius 1 is 0.586 bits per heavy atom. The number of hydrogen-bond donors (Lipinski definition) is 0. The zero-order valence-electron chi connectivity index (χ0n) is 15.9. The van der Waals surface area contributed by atoms with Gasteiger partial charge < -0.3 is 4.74 Å². The van der Waals surface area contributed by atoms with Crippen molar-refractivity contribution in [2.45, 2.75) is 19.4 Å². The molecule has 3 rings (SSSR count). The maximum atomic E-state index is 12.8. The van der Waals surface area contributed by atoms with E-state index in [-0.39, 0.29) is 19.4 Å². The van der Waals surface area contributed by atoms with Crippen LogP contribution in [0.25, 0.3) is 0 Å². The van der Waals surface area contributed by atoms with Gasteiger partial charge in [0.2, 0.25) is 11.8 Å². The zero-order valence-corrected chi connectivity index (χ0v) is 15.9. The molecule has 3 aromatic rings. The molecular formula is C24H21NO4. The summed E-state index contributed by atoms with van der Waals surface area (Å²) in [6.07, 6.45) is -1.10. The molecule has 0 saturated carbocycles. The molecule has 0 aliphatic rings. The van der Waals surface area contributed by atoms with Crippen LogP contribution in [0.1, 0.15) is 16.7 Å². The fourth-order valence-corrected chi connectivity index (χ4v) is 2.83. The van der Waals surface area contributed by atoms with Crippen LogP contribution >= 0.6 is 0 Å². The first kappa shape index (κ1) is 20.0. The Hall–Kier alpha value is -3.73. The van der Waals surface area contributed by atoms with Crippen molar-refractivity contribution in [3.63, 3.8) is 0 Å². The van der Waals surface area contributed by atoms with E-state index >= 15 is 0 Å². The van der Waals surface area contributed by atoms with Crippen LogP contribution in [0.5, 0.6) is 0 Å². The third kappa shape index (κ3) is 5.87. The highest BCUT2D eigenvalue weighted by molar-refractivity contribution is 6.09. The van der Waals surface area contributed by atoms with Crippen LogP contribution in [0.3, 0.4) is 0 Å². The van der Waals surface area contributed by atoms with Gasteiger partial charge in [0.1, 0.15) is 6.61 Å². The topological polar surface area (TPSA) is 63.7 Å². The molecule has 0 aromatic heterocycles. The number of amides is 3. The van der Waals surface area contributed by atoms with Crippen molar-refractivity contribution in [1.82, 2.24) is 4.90 Å². The summed E-state index contributed by atoms with van der Waals surface area (Å²) < 4.78 is 5.25. The summed E-state index contributed by atoms with van der Waals surface area (Å²) in [6.45, 7) is -0.0204. The first-order valence-electron chi connectivity index (χ1n) is 9.28. The molecule has 146 valence electrons. The van der Waals surface area contributed by atoms with Crippen molar-refractivity contribution in [3.8, 4) is 0 Å². The van der Waals surface area contributed by atoms with Gasteiger partial charge in [-0.2, -0.15) is 4.90 Å². The molecule has 0 fully saturated rings. The molecule has 3 amide bonds. The molecule has 0 bridgehead atoms. The van der Waals surface area contributed by atoms with Crippen LogP contribution in [0.2, 0.25) is 0 Å². The summed E-state index contributed by atoms with van der Waals surface area (Å²) in [4.78, 5) is 38.9. The second-order valence-electron chi connectivity index (χ2n) is 6.49. The number of benzene rings is 3. The number of hydrogen-bond acceptors (Lipinski definition) is 4. The number of nitrogens with zero attached hydrogens (tertiary/aromatic N) is 1. The Balaban J connectivity index is 1.75. The summed E-state index contributed by atoms with van der Waals surface area (Å²) >= 11 is 0. The maximum absolute atomic E-state index is 12.8. The van der Waals surface area contributed by atoms with Gasteiger partial charge in [-0.3, -0.25) is 9.59 Å². The Morgan fingerprint density at radius 2 is 0.966 bits per heavy atom. The van der Waals surface area contributed by atoms with Gasteiger partial charge in [-0.25, -0.2) is 4.79 Å². The van der Waals surface area contributed by atoms with Gasteiger partial charge >= 0.3 is 6.09 Å². The molecule has 0 N–H and O–H groups in total. The molecule has 0 atom stereocenters. The van der Waals surface area contributed by atoms with Gasteiger partial charge in [-0.1, -0.05) is 91.0 Å². The second-order valence-corrected chi connectivity index (χ2v) is 6.49. The quantitative estimate of drug-likeness (QED) is 0.637. The van der Waals surface area contributed by atoms with E-state index in [2.05, 4.69) is 0 Å². The van der Waals surface area contributed by atoms with Crippen molar-refractivity contribution in [2.24, 2.45) is 0 Å². The van der Waals surface area contributed by atoms with E-state index in [9.17, 15) is 14.4 Å². The van der Waals surface area contributed by atoms with Crippen LogP contribution in [-0.4, -0.2) is 22.8 Å². The summed E-state index contributed by atoms with van der Waals surface area (Å²) in [7, 11) is 0. The van der Waals surface area contributed by atoms with E-state index in [0.29, 0.717) is 16.0 Å². The van der Waals surface area contributed by atoms with E-state index in [1.807, 2.05) is 30.3 Å². The Bertz CT molecular complexity index is 902. The van der Waals surface area contributed by atoms with Gasteiger partial charge in [0.05, 0.1) is 12.8 Å². The highest BCUT2D eigenvalue weighted by atomic mass is 16.6. The predicted molar refractivity (Wildman–Crippen MR) is 109 cm³/mol. The summed E-state index contributed by atoms with van der Waals surface area (Å²) in [6, 6.07) is 27.0. The molecule has 29 heavy (non-hydrogen) atoms. The van der Waals surface area contributed by atoms with Crippen molar-refractivity contribution in [1.29, 1.82) is 0 Å². The molecule has 5 heteroatoms. The first-order valence-corrected chi connectivity index (χ1v) is 9.28. The van der Waals surface area contributed by atoms with Crippen molar-refractivity contribution < 1.29 is 19.1 Å². The lowest BCUT2D eigenvalue weighted by Gasteiger charge is -2.19. The van der Waals surface area contributed by atoms with Crippen LogP contribution in [0, 0.1) is 0 Å². The number of ether oxygens (including phenoxy) is 1. The summed E-state index contributed by atoms with van der Waals surface area (Å²) in [5.74, 6) is -1.23. The minimum Gasteiger partial charge on any atom is -0.444 e. The molecule has 0 spiro atoms. The largest absolute Gasteiger partial charge is 0.444 e. The molecular weight excluding hydrogens is 366 g/mol. The van der Waals surface area contributed by atoms with E-state index in [0.717, 1.165) is 5.56 Å². The number of imide groups is 3. The third-order valence-electron chi connectivity index (χ3n) is 4.28. The average Bonchev–Trinajstić information content (AvgIpc) is 2.74. The predicted octanol–water partition coefficient (Wildman–Crippen LogP) is 4.16. The maximum Gasteiger partial charge on any atom is 0.423 e. The van der Waals surface area contributed by atoms with Gasteiger partial charge in [0.25, 0.3) is 0 Å². The second kappa shape index (κ2) is 9.99. The van der Waals surface area contributed by atoms with Crippen molar-refractivity contribution >= 4 is 17.9 Å². The molecule has 0 saturated heterocycles. The van der Waals surface area contributed by atoms with Crippen LogP contribution < -0.4 is 0 Å². The molecule has 5 nitrogen and oxygen atoms in total. The van der Waals surface area contributed by atoms with E-state index in [1.165, 1.54) is 0 Å². The fraction of sp³-hybridized carbons (Fsp3) is 0.125. The summed E-state index contributed by atoms with van der Waals surface area (Å²) in [5, 5.41) is 0. The molecule has 0 aliphatic carbocycles. The average molecular weight is 387 g/mol.